The molecule has 3 rings (SSSR count). The summed E-state index contributed by atoms with van der Waals surface area (Å²) < 4.78 is 0. The molecule has 0 bridgehead atoms. The van der Waals surface area contributed by atoms with Crippen LogP contribution in [0.3, 0.4) is 0 Å². The minimum absolute atomic E-state index is 0.120. The Morgan fingerprint density at radius 2 is 2.37 bits per heavy atom. The van der Waals surface area contributed by atoms with Gasteiger partial charge in [-0.1, -0.05) is 0 Å². The quantitative estimate of drug-likeness (QED) is 0.876. The Kier molecular flexibility index (Phi) is 2.87. The molecule has 0 aliphatic carbocycles. The van der Waals surface area contributed by atoms with Crippen molar-refractivity contribution in [2.45, 2.75) is 13.0 Å². The predicted octanol–water partition coefficient (Wildman–Crippen LogP) is 1.99. The molecule has 0 fully saturated rings. The monoisotopic (exact) mass is 275 g/mol. The summed E-state index contributed by atoms with van der Waals surface area (Å²) in [6.07, 6.45) is 2.34. The lowest BCUT2D eigenvalue weighted by Gasteiger charge is -2.28. The van der Waals surface area contributed by atoms with Crippen molar-refractivity contribution in [3.05, 3.63) is 39.7 Å². The first-order valence-electron chi connectivity index (χ1n) is 5.94. The second-order valence-corrected chi connectivity index (χ2v) is 5.48. The zero-order chi connectivity index (χ0) is 13.4. The van der Waals surface area contributed by atoms with Crippen molar-refractivity contribution in [3.63, 3.8) is 0 Å². The molecule has 19 heavy (non-hydrogen) atoms. The standard InChI is InChI=1S/C13H13N3O2S/c14-10-5-9(13(17)18)6-15-12(10)16-3-1-11-8(7-16)2-4-19-11/h2,4-6H,1,3,7,14H2,(H,17,18). The van der Waals surface area contributed by atoms with E-state index in [1.807, 2.05) is 0 Å². The molecule has 2 aromatic rings. The average molecular weight is 275 g/mol. The molecule has 1 aliphatic heterocycles. The average Bonchev–Trinajstić information content (AvgIpc) is 2.85. The number of nitrogen functional groups attached to an aromatic ring is 1. The minimum Gasteiger partial charge on any atom is -0.478 e. The third-order valence-electron chi connectivity index (χ3n) is 3.25. The van der Waals surface area contributed by atoms with E-state index in [0.29, 0.717) is 11.5 Å². The number of thiophene rings is 1. The van der Waals surface area contributed by atoms with Gasteiger partial charge in [-0.05, 0) is 29.5 Å². The van der Waals surface area contributed by atoms with E-state index in [1.165, 1.54) is 22.7 Å². The molecule has 0 aromatic carbocycles. The fourth-order valence-corrected chi connectivity index (χ4v) is 3.17. The summed E-state index contributed by atoms with van der Waals surface area (Å²) in [4.78, 5) is 18.6. The Balaban J connectivity index is 1.90. The number of rotatable bonds is 2. The second kappa shape index (κ2) is 4.55. The number of carboxylic acid groups (broad SMARTS) is 1. The molecule has 0 saturated carbocycles. The highest BCUT2D eigenvalue weighted by atomic mass is 32.1. The van der Waals surface area contributed by atoms with Crippen LogP contribution in [0.1, 0.15) is 20.8 Å². The number of pyridine rings is 1. The van der Waals surface area contributed by atoms with Crippen LogP contribution in [0.25, 0.3) is 0 Å². The highest BCUT2D eigenvalue weighted by molar-refractivity contribution is 7.10. The van der Waals surface area contributed by atoms with E-state index in [2.05, 4.69) is 21.3 Å². The lowest BCUT2D eigenvalue weighted by molar-refractivity contribution is 0.0696. The number of aromatic nitrogens is 1. The number of carbonyl (C=O) groups is 1. The van der Waals surface area contributed by atoms with E-state index in [1.54, 1.807) is 11.3 Å². The van der Waals surface area contributed by atoms with Crippen LogP contribution in [0, 0.1) is 0 Å². The van der Waals surface area contributed by atoms with E-state index in [9.17, 15) is 4.79 Å². The number of hydrogen-bond donors (Lipinski definition) is 2. The number of hydrogen-bond acceptors (Lipinski definition) is 5. The first-order valence-corrected chi connectivity index (χ1v) is 6.82. The van der Waals surface area contributed by atoms with Gasteiger partial charge >= 0.3 is 5.97 Å². The molecule has 0 atom stereocenters. The van der Waals surface area contributed by atoms with Gasteiger partial charge in [-0.3, -0.25) is 0 Å². The molecular formula is C13H13N3O2S. The number of nitrogens with zero attached hydrogens (tertiary/aromatic N) is 2. The maximum atomic E-state index is 10.9. The summed E-state index contributed by atoms with van der Waals surface area (Å²) in [6.45, 7) is 1.64. The van der Waals surface area contributed by atoms with Crippen LogP contribution >= 0.6 is 11.3 Å². The molecule has 1 aliphatic rings. The number of aromatic carboxylic acids is 1. The van der Waals surface area contributed by atoms with Gasteiger partial charge in [0.25, 0.3) is 0 Å². The summed E-state index contributed by atoms with van der Waals surface area (Å²) in [5.74, 6) is -0.341. The fourth-order valence-electron chi connectivity index (χ4n) is 2.29. The fraction of sp³-hybridized carbons (Fsp3) is 0.231. The van der Waals surface area contributed by atoms with E-state index in [-0.39, 0.29) is 5.56 Å². The number of nitrogens with two attached hydrogens (primary N) is 1. The van der Waals surface area contributed by atoms with Crippen LogP contribution in [0.2, 0.25) is 0 Å². The lowest BCUT2D eigenvalue weighted by Crippen LogP contribution is -2.30. The van der Waals surface area contributed by atoms with Gasteiger partial charge in [0.1, 0.15) is 0 Å². The van der Waals surface area contributed by atoms with Gasteiger partial charge in [0, 0.05) is 24.2 Å². The van der Waals surface area contributed by atoms with Gasteiger partial charge in [-0.25, -0.2) is 9.78 Å². The molecule has 5 nitrogen and oxygen atoms in total. The molecule has 98 valence electrons. The van der Waals surface area contributed by atoms with Gasteiger partial charge < -0.3 is 15.7 Å². The molecule has 3 heterocycles. The van der Waals surface area contributed by atoms with E-state index < -0.39 is 5.97 Å². The van der Waals surface area contributed by atoms with Crippen LogP contribution in [0.15, 0.2) is 23.7 Å². The van der Waals surface area contributed by atoms with Crippen LogP contribution in [-0.4, -0.2) is 22.6 Å². The third-order valence-corrected chi connectivity index (χ3v) is 4.27. The first-order chi connectivity index (χ1) is 9.15. The van der Waals surface area contributed by atoms with Crippen molar-refractivity contribution >= 4 is 28.8 Å². The molecule has 6 heteroatoms. The smallest absolute Gasteiger partial charge is 0.337 e. The Morgan fingerprint density at radius 1 is 1.53 bits per heavy atom. The number of fused-ring (bicyclic) bond motifs is 1. The Morgan fingerprint density at radius 3 is 3.11 bits per heavy atom. The topological polar surface area (TPSA) is 79.5 Å². The van der Waals surface area contributed by atoms with Crippen LogP contribution < -0.4 is 10.6 Å². The van der Waals surface area contributed by atoms with Crippen LogP contribution in [0.4, 0.5) is 11.5 Å². The molecule has 0 unspecified atom stereocenters. The number of anilines is 2. The van der Waals surface area contributed by atoms with Gasteiger partial charge in [0.05, 0.1) is 11.3 Å². The highest BCUT2D eigenvalue weighted by Gasteiger charge is 2.20. The maximum absolute atomic E-state index is 10.9. The summed E-state index contributed by atoms with van der Waals surface area (Å²) in [7, 11) is 0. The lowest BCUT2D eigenvalue weighted by atomic mass is 10.1. The molecule has 0 amide bonds. The van der Waals surface area contributed by atoms with Crippen molar-refractivity contribution < 1.29 is 9.90 Å². The van der Waals surface area contributed by atoms with Crippen molar-refractivity contribution in [1.29, 1.82) is 0 Å². The SMILES string of the molecule is Nc1cc(C(=O)O)cnc1N1CCc2sccc2C1. The Hall–Kier alpha value is -2.08. The zero-order valence-corrected chi connectivity index (χ0v) is 11.0. The first kappa shape index (κ1) is 12.0. The second-order valence-electron chi connectivity index (χ2n) is 4.48. The zero-order valence-electron chi connectivity index (χ0n) is 10.2. The summed E-state index contributed by atoms with van der Waals surface area (Å²) in [6, 6.07) is 3.59. The molecule has 0 radical (unpaired) electrons. The van der Waals surface area contributed by atoms with Crippen molar-refractivity contribution in [1.82, 2.24) is 4.98 Å². The van der Waals surface area contributed by atoms with Crippen LogP contribution in [0.5, 0.6) is 0 Å². The predicted molar refractivity (Wildman–Crippen MR) is 74.7 cm³/mol. The van der Waals surface area contributed by atoms with Crippen molar-refractivity contribution in [2.24, 2.45) is 0 Å². The van der Waals surface area contributed by atoms with Gasteiger partial charge in [-0.2, -0.15) is 0 Å². The Labute approximate surface area is 114 Å². The van der Waals surface area contributed by atoms with E-state index >= 15 is 0 Å². The Bertz CT molecular complexity index is 639. The van der Waals surface area contributed by atoms with E-state index in [4.69, 9.17) is 10.8 Å². The van der Waals surface area contributed by atoms with Gasteiger partial charge in [-0.15, -0.1) is 11.3 Å². The van der Waals surface area contributed by atoms with Crippen molar-refractivity contribution in [3.8, 4) is 0 Å². The normalized spacial score (nSPS) is 14.2. The highest BCUT2D eigenvalue weighted by Crippen LogP contribution is 2.29. The van der Waals surface area contributed by atoms with Crippen molar-refractivity contribution in [2.75, 3.05) is 17.2 Å². The number of carboxylic acids is 1. The third kappa shape index (κ3) is 2.15. The summed E-state index contributed by atoms with van der Waals surface area (Å²) >= 11 is 1.78. The summed E-state index contributed by atoms with van der Waals surface area (Å²) in [5.41, 5.74) is 7.76. The largest absolute Gasteiger partial charge is 0.478 e. The minimum atomic E-state index is -1.01. The van der Waals surface area contributed by atoms with Gasteiger partial charge in [0.15, 0.2) is 5.82 Å². The molecular weight excluding hydrogens is 262 g/mol. The van der Waals surface area contributed by atoms with Gasteiger partial charge in [0.2, 0.25) is 0 Å². The molecule has 0 spiro atoms. The molecule has 2 aromatic heterocycles. The summed E-state index contributed by atoms with van der Waals surface area (Å²) in [5, 5.41) is 11.0. The maximum Gasteiger partial charge on any atom is 0.337 e. The van der Waals surface area contributed by atoms with E-state index in [0.717, 1.165) is 19.5 Å². The van der Waals surface area contributed by atoms with Crippen LogP contribution in [-0.2, 0) is 13.0 Å². The molecule has 0 saturated heterocycles. The molecule has 3 N–H and O–H groups in total.